The van der Waals surface area contributed by atoms with Crippen molar-refractivity contribution in [3.8, 4) is 5.75 Å². The molecule has 0 aliphatic rings. The minimum Gasteiger partial charge on any atom is -0.370 e. The highest BCUT2D eigenvalue weighted by molar-refractivity contribution is 7.87. The Bertz CT molecular complexity index is 1010. The largest absolute Gasteiger partial charge is 0.370 e. The summed E-state index contributed by atoms with van der Waals surface area (Å²) in [5.74, 6) is -1.08. The van der Waals surface area contributed by atoms with Crippen molar-refractivity contribution in [2.75, 3.05) is 0 Å². The zero-order chi connectivity index (χ0) is 18.1. The minimum absolute atomic E-state index is 0.318. The Morgan fingerprint density at radius 2 is 1.71 bits per heavy atom. The number of nitro groups is 1. The average molecular weight is 373 g/mol. The maximum absolute atomic E-state index is 12.3. The monoisotopic (exact) mass is 373 g/mol. The fraction of sp³-hybridized carbons (Fsp3) is 0.0769. The highest BCUT2D eigenvalue weighted by Gasteiger charge is 2.30. The SMILES string of the molecule is Cc1cccc(S(=O)(=O)Oc2c([N+](=O)[O-])cccc2S(=O)(=O)O)c1. The van der Waals surface area contributed by atoms with E-state index in [4.69, 9.17) is 4.55 Å². The van der Waals surface area contributed by atoms with E-state index >= 15 is 0 Å². The smallest absolute Gasteiger partial charge is 0.339 e. The number of aryl methyl sites for hydroxylation is 1. The Morgan fingerprint density at radius 3 is 2.25 bits per heavy atom. The molecule has 2 rings (SSSR count). The summed E-state index contributed by atoms with van der Waals surface area (Å²) in [5, 5.41) is 11.0. The molecule has 0 radical (unpaired) electrons. The standard InChI is InChI=1S/C13H11NO8S2/c1-9-4-2-5-10(8-9)24(20,21)22-13-11(14(15)16)6-3-7-12(13)23(17,18)19/h2-8H,1H3,(H,17,18,19). The van der Waals surface area contributed by atoms with Crippen molar-refractivity contribution in [3.63, 3.8) is 0 Å². The molecule has 2 aromatic rings. The Hall–Kier alpha value is -2.50. The van der Waals surface area contributed by atoms with Gasteiger partial charge in [0.25, 0.3) is 10.1 Å². The van der Waals surface area contributed by atoms with E-state index in [1.807, 2.05) is 0 Å². The maximum atomic E-state index is 12.3. The van der Waals surface area contributed by atoms with Gasteiger partial charge in [0.1, 0.15) is 9.79 Å². The minimum atomic E-state index is -4.95. The van der Waals surface area contributed by atoms with Crippen LogP contribution in [-0.2, 0) is 20.2 Å². The Balaban J connectivity index is 2.66. The zero-order valence-electron chi connectivity index (χ0n) is 12.1. The summed E-state index contributed by atoms with van der Waals surface area (Å²) in [6.07, 6.45) is 0. The Labute approximate surface area is 137 Å². The molecule has 0 atom stereocenters. The van der Waals surface area contributed by atoms with Crippen LogP contribution < -0.4 is 4.18 Å². The predicted octanol–water partition coefficient (Wildman–Crippen LogP) is 1.92. The average Bonchev–Trinajstić information content (AvgIpc) is 2.45. The van der Waals surface area contributed by atoms with Crippen LogP contribution in [0.1, 0.15) is 5.56 Å². The summed E-state index contributed by atoms with van der Waals surface area (Å²) >= 11 is 0. The third-order valence-electron chi connectivity index (χ3n) is 2.90. The van der Waals surface area contributed by atoms with E-state index in [-0.39, 0.29) is 4.90 Å². The van der Waals surface area contributed by atoms with Crippen LogP contribution in [0.15, 0.2) is 52.3 Å². The lowest BCUT2D eigenvalue weighted by Crippen LogP contribution is -2.14. The first kappa shape index (κ1) is 17.8. The molecule has 0 saturated heterocycles. The van der Waals surface area contributed by atoms with Crippen molar-refractivity contribution in [2.45, 2.75) is 16.7 Å². The Kier molecular flexibility index (Phi) is 4.60. The number of hydrogen-bond donors (Lipinski definition) is 1. The lowest BCUT2D eigenvalue weighted by atomic mass is 10.2. The van der Waals surface area contributed by atoms with E-state index in [1.54, 1.807) is 13.0 Å². The normalized spacial score (nSPS) is 11.9. The van der Waals surface area contributed by atoms with Crippen molar-refractivity contribution in [1.82, 2.24) is 0 Å². The van der Waals surface area contributed by atoms with Gasteiger partial charge in [-0.3, -0.25) is 14.7 Å². The van der Waals surface area contributed by atoms with Crippen LogP contribution >= 0.6 is 0 Å². The maximum Gasteiger partial charge on any atom is 0.339 e. The molecule has 2 aromatic carbocycles. The molecule has 11 heteroatoms. The van der Waals surface area contributed by atoms with Gasteiger partial charge in [-0.1, -0.05) is 18.2 Å². The van der Waals surface area contributed by atoms with Gasteiger partial charge < -0.3 is 4.18 Å². The molecule has 0 spiro atoms. The zero-order valence-corrected chi connectivity index (χ0v) is 13.7. The first-order valence-corrected chi connectivity index (χ1v) is 9.13. The second kappa shape index (κ2) is 6.19. The lowest BCUT2D eigenvalue weighted by molar-refractivity contribution is -0.385. The van der Waals surface area contributed by atoms with Crippen molar-refractivity contribution in [1.29, 1.82) is 0 Å². The number of nitrogens with zero attached hydrogens (tertiary/aromatic N) is 1. The summed E-state index contributed by atoms with van der Waals surface area (Å²) < 4.78 is 61.1. The van der Waals surface area contributed by atoms with Gasteiger partial charge >= 0.3 is 15.8 Å². The molecule has 9 nitrogen and oxygen atoms in total. The summed E-state index contributed by atoms with van der Waals surface area (Å²) in [5.41, 5.74) is -0.335. The number of nitro benzene ring substituents is 1. The second-order valence-electron chi connectivity index (χ2n) is 4.69. The fourth-order valence-electron chi connectivity index (χ4n) is 1.86. The molecule has 0 unspecified atom stereocenters. The van der Waals surface area contributed by atoms with Gasteiger partial charge in [0, 0.05) is 6.07 Å². The molecular formula is C13H11NO8S2. The molecule has 128 valence electrons. The van der Waals surface area contributed by atoms with Gasteiger partial charge in [-0.05, 0) is 30.7 Å². The second-order valence-corrected chi connectivity index (χ2v) is 7.63. The molecule has 0 aliphatic carbocycles. The molecular weight excluding hydrogens is 362 g/mol. The van der Waals surface area contributed by atoms with Crippen LogP contribution in [0.25, 0.3) is 0 Å². The van der Waals surface area contributed by atoms with E-state index in [1.165, 1.54) is 18.2 Å². The van der Waals surface area contributed by atoms with Crippen molar-refractivity contribution < 1.29 is 30.5 Å². The van der Waals surface area contributed by atoms with Crippen LogP contribution in [0.2, 0.25) is 0 Å². The lowest BCUT2D eigenvalue weighted by Gasteiger charge is -2.10. The van der Waals surface area contributed by atoms with Crippen LogP contribution in [-0.4, -0.2) is 26.3 Å². The molecule has 0 aliphatic heterocycles. The van der Waals surface area contributed by atoms with Crippen LogP contribution in [0.4, 0.5) is 5.69 Å². The quantitative estimate of drug-likeness (QED) is 0.363. The van der Waals surface area contributed by atoms with Gasteiger partial charge in [0.05, 0.1) is 4.92 Å². The van der Waals surface area contributed by atoms with Crippen LogP contribution in [0, 0.1) is 17.0 Å². The third kappa shape index (κ3) is 3.69. The van der Waals surface area contributed by atoms with E-state index in [2.05, 4.69) is 4.18 Å². The molecule has 0 fully saturated rings. The molecule has 0 aromatic heterocycles. The van der Waals surface area contributed by atoms with E-state index < -0.39 is 41.5 Å². The fourth-order valence-corrected chi connectivity index (χ4v) is 3.61. The summed E-state index contributed by atoms with van der Waals surface area (Å²) in [6, 6.07) is 8.11. The van der Waals surface area contributed by atoms with E-state index in [0.29, 0.717) is 5.56 Å². The molecule has 0 bridgehead atoms. The molecule has 1 N–H and O–H groups in total. The number of benzene rings is 2. The highest BCUT2D eigenvalue weighted by atomic mass is 32.2. The number of hydrogen-bond acceptors (Lipinski definition) is 7. The van der Waals surface area contributed by atoms with Gasteiger partial charge in [0.15, 0.2) is 0 Å². The van der Waals surface area contributed by atoms with Gasteiger partial charge in [-0.25, -0.2) is 0 Å². The van der Waals surface area contributed by atoms with Gasteiger partial charge in [-0.2, -0.15) is 16.8 Å². The molecule has 0 heterocycles. The molecule has 0 saturated carbocycles. The highest BCUT2D eigenvalue weighted by Crippen LogP contribution is 2.36. The van der Waals surface area contributed by atoms with Crippen molar-refractivity contribution >= 4 is 25.9 Å². The van der Waals surface area contributed by atoms with E-state index in [0.717, 1.165) is 18.2 Å². The topological polar surface area (TPSA) is 141 Å². The van der Waals surface area contributed by atoms with Crippen molar-refractivity contribution in [3.05, 3.63) is 58.1 Å². The van der Waals surface area contributed by atoms with Crippen LogP contribution in [0.3, 0.4) is 0 Å². The number of para-hydroxylation sites is 1. The third-order valence-corrected chi connectivity index (χ3v) is 5.00. The molecule has 24 heavy (non-hydrogen) atoms. The number of rotatable bonds is 5. The predicted molar refractivity (Wildman–Crippen MR) is 81.9 cm³/mol. The van der Waals surface area contributed by atoms with Crippen LogP contribution in [0.5, 0.6) is 5.75 Å². The van der Waals surface area contributed by atoms with Gasteiger partial charge in [-0.15, -0.1) is 0 Å². The first-order chi connectivity index (χ1) is 11.0. The summed E-state index contributed by atoms with van der Waals surface area (Å²) in [4.78, 5) is 8.68. The molecule has 0 amide bonds. The first-order valence-electron chi connectivity index (χ1n) is 6.28. The summed E-state index contributed by atoms with van der Waals surface area (Å²) in [6.45, 7) is 1.62. The van der Waals surface area contributed by atoms with Crippen molar-refractivity contribution in [2.24, 2.45) is 0 Å². The Morgan fingerprint density at radius 1 is 1.08 bits per heavy atom. The van der Waals surface area contributed by atoms with Gasteiger partial charge in [0.2, 0.25) is 5.75 Å². The summed E-state index contributed by atoms with van der Waals surface area (Å²) in [7, 11) is -9.50. The van der Waals surface area contributed by atoms with E-state index in [9.17, 15) is 26.9 Å².